The first-order valence-electron chi connectivity index (χ1n) is 13.3. The monoisotopic (exact) mass is 501 g/mol. The van der Waals surface area contributed by atoms with Gasteiger partial charge in [-0.2, -0.15) is 0 Å². The van der Waals surface area contributed by atoms with Crippen LogP contribution in [0.15, 0.2) is 24.3 Å². The zero-order valence-corrected chi connectivity index (χ0v) is 21.8. The summed E-state index contributed by atoms with van der Waals surface area (Å²) in [6.07, 6.45) is 3.08. The molecule has 8 nitrogen and oxygen atoms in total. The van der Waals surface area contributed by atoms with E-state index in [2.05, 4.69) is 20.4 Å². The molecule has 9 heteroatoms. The number of anilines is 1. The molecular weight excluding hydrogens is 461 g/mol. The fraction of sp³-hybridized carbons (Fsp3) is 0.667. The molecule has 0 saturated carbocycles. The van der Waals surface area contributed by atoms with E-state index in [9.17, 15) is 18.8 Å². The fourth-order valence-corrected chi connectivity index (χ4v) is 5.86. The number of nitrogens with one attached hydrogen (secondary N) is 2. The van der Waals surface area contributed by atoms with E-state index in [1.54, 1.807) is 0 Å². The largest absolute Gasteiger partial charge is 0.369 e. The average Bonchev–Trinajstić information content (AvgIpc) is 3.16. The third-order valence-corrected chi connectivity index (χ3v) is 8.14. The van der Waals surface area contributed by atoms with Crippen LogP contribution in [0.25, 0.3) is 0 Å². The summed E-state index contributed by atoms with van der Waals surface area (Å²) in [7, 11) is 0. The van der Waals surface area contributed by atoms with Crippen molar-refractivity contribution < 1.29 is 18.8 Å². The van der Waals surface area contributed by atoms with E-state index in [0.717, 1.165) is 51.3 Å². The Kier molecular flexibility index (Phi) is 8.17. The van der Waals surface area contributed by atoms with Crippen LogP contribution < -0.4 is 15.5 Å². The molecular formula is C27H40FN5O3. The van der Waals surface area contributed by atoms with Crippen LogP contribution in [0.3, 0.4) is 0 Å². The number of amides is 3. The zero-order chi connectivity index (χ0) is 25.9. The summed E-state index contributed by atoms with van der Waals surface area (Å²) in [4.78, 5) is 44.1. The SMILES string of the molecule is CC(=O)N[C@H](C(=O)N1CCC2(CC1)C[C@H](CCN1CCN(c3ccc(F)cc3)CC1)NC2=O)C(C)C. The van der Waals surface area contributed by atoms with Crippen molar-refractivity contribution in [3.05, 3.63) is 30.1 Å². The van der Waals surface area contributed by atoms with Gasteiger partial charge in [0.05, 0.1) is 5.41 Å². The number of piperazine rings is 1. The Morgan fingerprint density at radius 2 is 1.72 bits per heavy atom. The molecule has 198 valence electrons. The highest BCUT2D eigenvalue weighted by atomic mass is 19.1. The minimum Gasteiger partial charge on any atom is -0.369 e. The zero-order valence-electron chi connectivity index (χ0n) is 21.8. The number of hydrogen-bond acceptors (Lipinski definition) is 5. The number of piperidine rings is 1. The molecule has 0 unspecified atom stereocenters. The van der Waals surface area contributed by atoms with Crippen molar-refractivity contribution in [2.24, 2.45) is 11.3 Å². The first-order chi connectivity index (χ1) is 17.2. The smallest absolute Gasteiger partial charge is 0.245 e. The van der Waals surface area contributed by atoms with Gasteiger partial charge in [-0.15, -0.1) is 0 Å². The lowest BCUT2D eigenvalue weighted by atomic mass is 9.75. The van der Waals surface area contributed by atoms with Gasteiger partial charge in [0.1, 0.15) is 11.9 Å². The number of benzene rings is 1. The molecule has 4 rings (SSSR count). The lowest BCUT2D eigenvalue weighted by Gasteiger charge is -2.39. The molecule has 2 atom stereocenters. The van der Waals surface area contributed by atoms with Crippen molar-refractivity contribution >= 4 is 23.4 Å². The highest BCUT2D eigenvalue weighted by Gasteiger charge is 2.49. The number of carbonyl (C=O) groups is 3. The molecule has 3 heterocycles. The van der Waals surface area contributed by atoms with Gasteiger partial charge >= 0.3 is 0 Å². The van der Waals surface area contributed by atoms with Crippen LogP contribution in [0.2, 0.25) is 0 Å². The Labute approximate surface area is 213 Å². The van der Waals surface area contributed by atoms with Crippen LogP contribution in [0.5, 0.6) is 0 Å². The summed E-state index contributed by atoms with van der Waals surface area (Å²) in [6, 6.07) is 6.32. The van der Waals surface area contributed by atoms with Crippen LogP contribution in [0.1, 0.15) is 46.5 Å². The van der Waals surface area contributed by atoms with Gasteiger partial charge in [0.25, 0.3) is 0 Å². The molecule has 36 heavy (non-hydrogen) atoms. The molecule has 3 amide bonds. The lowest BCUT2D eigenvalue weighted by Crippen LogP contribution is -2.54. The normalized spacial score (nSPS) is 23.1. The molecule has 0 bridgehead atoms. The second-order valence-corrected chi connectivity index (χ2v) is 11.0. The van der Waals surface area contributed by atoms with Crippen molar-refractivity contribution in [3.8, 4) is 0 Å². The molecule has 1 aromatic rings. The van der Waals surface area contributed by atoms with E-state index >= 15 is 0 Å². The van der Waals surface area contributed by atoms with Gasteiger partial charge in [-0.05, 0) is 55.9 Å². The van der Waals surface area contributed by atoms with Crippen molar-refractivity contribution in [1.82, 2.24) is 20.4 Å². The second-order valence-electron chi connectivity index (χ2n) is 11.0. The third-order valence-electron chi connectivity index (χ3n) is 8.14. The quantitative estimate of drug-likeness (QED) is 0.597. The number of hydrogen-bond donors (Lipinski definition) is 2. The molecule has 3 aliphatic heterocycles. The standard InChI is InChI=1S/C27H40FN5O3/c1-19(2)24(29-20(3)34)25(35)33-12-9-27(10-13-33)18-22(30-26(27)36)8-11-31-14-16-32(17-15-31)23-6-4-21(28)5-7-23/h4-7,19,22,24H,8-18H2,1-3H3,(H,29,34)(H,30,36)/t22-,24-/m0/s1. The maximum Gasteiger partial charge on any atom is 0.245 e. The van der Waals surface area contributed by atoms with Gasteiger partial charge in [-0.25, -0.2) is 4.39 Å². The average molecular weight is 502 g/mol. The number of rotatable bonds is 7. The fourth-order valence-electron chi connectivity index (χ4n) is 5.86. The predicted octanol–water partition coefficient (Wildman–Crippen LogP) is 2.00. The minimum absolute atomic E-state index is 0.00834. The number of likely N-dealkylation sites (tertiary alicyclic amines) is 1. The molecule has 3 aliphatic rings. The summed E-state index contributed by atoms with van der Waals surface area (Å²) in [6.45, 7) is 11.1. The Bertz CT molecular complexity index is 937. The van der Waals surface area contributed by atoms with Crippen molar-refractivity contribution in [1.29, 1.82) is 0 Å². The summed E-state index contributed by atoms with van der Waals surface area (Å²) < 4.78 is 13.2. The van der Waals surface area contributed by atoms with Gasteiger partial charge in [0.2, 0.25) is 17.7 Å². The summed E-state index contributed by atoms with van der Waals surface area (Å²) >= 11 is 0. The Balaban J connectivity index is 1.22. The summed E-state index contributed by atoms with van der Waals surface area (Å²) in [5.74, 6) is -0.331. The van der Waals surface area contributed by atoms with Crippen LogP contribution in [0, 0.1) is 17.2 Å². The maximum absolute atomic E-state index is 13.2. The van der Waals surface area contributed by atoms with Crippen LogP contribution in [0.4, 0.5) is 10.1 Å². The number of nitrogens with zero attached hydrogens (tertiary/aromatic N) is 3. The second kappa shape index (κ2) is 11.2. The van der Waals surface area contributed by atoms with Gasteiger partial charge in [-0.3, -0.25) is 19.3 Å². The van der Waals surface area contributed by atoms with Crippen LogP contribution >= 0.6 is 0 Å². The third kappa shape index (κ3) is 5.99. The Hall–Kier alpha value is -2.68. The van der Waals surface area contributed by atoms with Gasteiger partial charge in [0.15, 0.2) is 0 Å². The van der Waals surface area contributed by atoms with E-state index in [4.69, 9.17) is 0 Å². The highest BCUT2D eigenvalue weighted by molar-refractivity contribution is 5.88. The molecule has 0 aliphatic carbocycles. The van der Waals surface area contributed by atoms with Crippen molar-refractivity contribution in [2.75, 3.05) is 50.7 Å². The topological polar surface area (TPSA) is 85.0 Å². The first kappa shape index (κ1) is 26.4. The van der Waals surface area contributed by atoms with E-state index in [1.165, 1.54) is 19.1 Å². The van der Waals surface area contributed by atoms with Gasteiger partial charge in [-0.1, -0.05) is 13.8 Å². The van der Waals surface area contributed by atoms with Crippen LogP contribution in [-0.2, 0) is 14.4 Å². The molecule has 0 radical (unpaired) electrons. The Morgan fingerprint density at radius 3 is 2.31 bits per heavy atom. The molecule has 3 saturated heterocycles. The molecule has 1 spiro atoms. The molecule has 2 N–H and O–H groups in total. The number of halogens is 1. The van der Waals surface area contributed by atoms with Gasteiger partial charge in [0, 0.05) is 64.5 Å². The van der Waals surface area contributed by atoms with E-state index in [1.807, 2.05) is 30.9 Å². The summed E-state index contributed by atoms with van der Waals surface area (Å²) in [5, 5.41) is 6.02. The van der Waals surface area contributed by atoms with Crippen molar-refractivity contribution in [3.63, 3.8) is 0 Å². The number of carbonyl (C=O) groups excluding carboxylic acids is 3. The molecule has 1 aromatic carbocycles. The first-order valence-corrected chi connectivity index (χ1v) is 13.3. The van der Waals surface area contributed by atoms with E-state index in [-0.39, 0.29) is 40.9 Å². The molecule has 3 fully saturated rings. The predicted molar refractivity (Wildman–Crippen MR) is 137 cm³/mol. The lowest BCUT2D eigenvalue weighted by molar-refractivity contribution is -0.142. The minimum atomic E-state index is -0.523. The summed E-state index contributed by atoms with van der Waals surface area (Å²) in [5.41, 5.74) is 0.673. The maximum atomic E-state index is 13.2. The Morgan fingerprint density at radius 1 is 1.08 bits per heavy atom. The van der Waals surface area contributed by atoms with Crippen LogP contribution in [-0.4, -0.2) is 85.4 Å². The van der Waals surface area contributed by atoms with E-state index in [0.29, 0.717) is 25.9 Å². The highest BCUT2D eigenvalue weighted by Crippen LogP contribution is 2.41. The van der Waals surface area contributed by atoms with Gasteiger partial charge < -0.3 is 20.4 Å². The molecule has 0 aromatic heterocycles. The van der Waals surface area contributed by atoms with Crippen molar-refractivity contribution in [2.45, 2.75) is 58.5 Å². The van der Waals surface area contributed by atoms with E-state index < -0.39 is 6.04 Å².